The molecule has 6 nitrogen and oxygen atoms in total. The number of carbonyl (C=O) groups excluding carboxylic acids is 3. The molecule has 0 bridgehead atoms. The van der Waals surface area contributed by atoms with E-state index in [9.17, 15) is 14.4 Å². The first-order valence-electron chi connectivity index (χ1n) is 26.5. The molecule has 0 radical (unpaired) electrons. The first kappa shape index (κ1) is 61.8. The fourth-order valence-electron chi connectivity index (χ4n) is 6.73. The lowest BCUT2D eigenvalue weighted by molar-refractivity contribution is -0.167. The predicted molar refractivity (Wildman–Crippen MR) is 283 cm³/mol. The molecule has 1 unspecified atom stereocenters. The monoisotopic (exact) mass is 913 g/mol. The smallest absolute Gasteiger partial charge is 0.306 e. The van der Waals surface area contributed by atoms with E-state index in [0.717, 1.165) is 116 Å². The summed E-state index contributed by atoms with van der Waals surface area (Å²) in [6, 6.07) is 0. The number of unbranched alkanes of at least 4 members (excludes halogenated alkanes) is 15. The molecular formula is C60H96O6. The van der Waals surface area contributed by atoms with Crippen LogP contribution in [0, 0.1) is 0 Å². The third-order valence-electron chi connectivity index (χ3n) is 10.7. The summed E-state index contributed by atoms with van der Waals surface area (Å²) in [7, 11) is 0. The Morgan fingerprint density at radius 3 is 1.03 bits per heavy atom. The maximum atomic E-state index is 12.7. The highest BCUT2D eigenvalue weighted by molar-refractivity contribution is 5.71. The Balaban J connectivity index is 4.31. The normalized spacial score (nSPS) is 13.1. The SMILES string of the molecule is CC/C=C\C/C=C\C/C=C\C/C=C\C/C=C\C/C=C\C/C=C\C/C=C\C/C=C\CCCC(=O)OCC(COC(=O)CCCCCCCCC)OC(=O)CCCCCCC/C=C\CCCCC. The van der Waals surface area contributed by atoms with Gasteiger partial charge in [-0.25, -0.2) is 0 Å². The Morgan fingerprint density at radius 1 is 0.318 bits per heavy atom. The van der Waals surface area contributed by atoms with Crippen LogP contribution in [0.15, 0.2) is 122 Å². The third kappa shape index (κ3) is 50.8. The summed E-state index contributed by atoms with van der Waals surface area (Å²) >= 11 is 0. The third-order valence-corrected chi connectivity index (χ3v) is 10.7. The number of rotatable bonds is 46. The van der Waals surface area contributed by atoms with Crippen molar-refractivity contribution in [3.8, 4) is 0 Å². The highest BCUT2D eigenvalue weighted by Crippen LogP contribution is 2.12. The lowest BCUT2D eigenvalue weighted by atomic mass is 10.1. The van der Waals surface area contributed by atoms with Crippen LogP contribution in [0.2, 0.25) is 0 Å². The maximum Gasteiger partial charge on any atom is 0.306 e. The van der Waals surface area contributed by atoms with Gasteiger partial charge in [-0.3, -0.25) is 14.4 Å². The molecule has 372 valence electrons. The number of esters is 3. The van der Waals surface area contributed by atoms with Crippen LogP contribution in [0.5, 0.6) is 0 Å². The van der Waals surface area contributed by atoms with Crippen LogP contribution in [0.3, 0.4) is 0 Å². The predicted octanol–water partition coefficient (Wildman–Crippen LogP) is 17.7. The van der Waals surface area contributed by atoms with Crippen LogP contribution in [0.4, 0.5) is 0 Å². The second-order valence-electron chi connectivity index (χ2n) is 17.1. The Hall–Kier alpha value is -4.19. The van der Waals surface area contributed by atoms with Crippen LogP contribution >= 0.6 is 0 Å². The van der Waals surface area contributed by atoms with Gasteiger partial charge in [0.15, 0.2) is 6.10 Å². The summed E-state index contributed by atoms with van der Waals surface area (Å²) in [5, 5.41) is 0. The second kappa shape index (κ2) is 53.4. The van der Waals surface area contributed by atoms with E-state index in [0.29, 0.717) is 19.3 Å². The van der Waals surface area contributed by atoms with Crippen molar-refractivity contribution in [3.05, 3.63) is 122 Å². The molecule has 0 aliphatic rings. The Bertz CT molecular complexity index is 1420. The molecule has 0 aliphatic carbocycles. The molecule has 0 heterocycles. The van der Waals surface area contributed by atoms with Crippen LogP contribution in [0.25, 0.3) is 0 Å². The van der Waals surface area contributed by atoms with E-state index in [1.807, 2.05) is 0 Å². The average Bonchev–Trinajstić information content (AvgIpc) is 3.31. The van der Waals surface area contributed by atoms with Crippen LogP contribution in [0.1, 0.15) is 220 Å². The molecule has 1 atom stereocenters. The van der Waals surface area contributed by atoms with Crippen molar-refractivity contribution in [1.29, 1.82) is 0 Å². The topological polar surface area (TPSA) is 78.9 Å². The van der Waals surface area contributed by atoms with E-state index < -0.39 is 6.10 Å². The van der Waals surface area contributed by atoms with Gasteiger partial charge in [0.2, 0.25) is 0 Å². The zero-order chi connectivity index (χ0) is 47.9. The first-order chi connectivity index (χ1) is 32.5. The Kier molecular flexibility index (Phi) is 50.0. The van der Waals surface area contributed by atoms with E-state index in [2.05, 4.69) is 142 Å². The van der Waals surface area contributed by atoms with E-state index in [-0.39, 0.29) is 37.5 Å². The van der Waals surface area contributed by atoms with Crippen molar-refractivity contribution in [2.24, 2.45) is 0 Å². The fraction of sp³-hybridized carbons (Fsp3) is 0.617. The zero-order valence-electron chi connectivity index (χ0n) is 42.4. The Labute approximate surface area is 405 Å². The van der Waals surface area contributed by atoms with E-state index in [4.69, 9.17) is 14.2 Å². The lowest BCUT2D eigenvalue weighted by Gasteiger charge is -2.18. The molecular weight excluding hydrogens is 817 g/mol. The summed E-state index contributed by atoms with van der Waals surface area (Å²) in [5.74, 6) is -0.989. The standard InChI is InChI=1S/C60H96O6/c1-4-7-10-13-16-18-20-22-23-24-25-26-27-28-29-30-31-32-33-34-35-36-37-38-40-41-44-47-50-53-59(62)65-56-57(55-64-58(61)52-49-46-43-15-12-9-6-3)66-60(63)54-51-48-45-42-39-21-19-17-14-11-8-5-2/h7,10,16-19,22-23,25-26,28-29,31-32,34-35,37-38,41,44,57H,4-6,8-9,11-15,20-21,24,27,30,33,36,39-40,42-43,45-56H2,1-3H3/b10-7-,18-16-,19-17-,23-22-,26-25-,29-28-,32-31-,35-34-,38-37-,44-41-. The molecule has 0 saturated carbocycles. The molecule has 0 aromatic carbocycles. The van der Waals surface area contributed by atoms with Gasteiger partial charge < -0.3 is 14.2 Å². The molecule has 0 spiro atoms. The van der Waals surface area contributed by atoms with Gasteiger partial charge in [-0.15, -0.1) is 0 Å². The van der Waals surface area contributed by atoms with Gasteiger partial charge in [-0.05, 0) is 109 Å². The first-order valence-corrected chi connectivity index (χ1v) is 26.5. The molecule has 0 aliphatic heterocycles. The van der Waals surface area contributed by atoms with Gasteiger partial charge in [-0.2, -0.15) is 0 Å². The largest absolute Gasteiger partial charge is 0.462 e. The van der Waals surface area contributed by atoms with Gasteiger partial charge in [-0.1, -0.05) is 213 Å². The molecule has 0 fully saturated rings. The van der Waals surface area contributed by atoms with Crippen molar-refractivity contribution in [2.75, 3.05) is 13.2 Å². The van der Waals surface area contributed by atoms with Crippen molar-refractivity contribution in [1.82, 2.24) is 0 Å². The van der Waals surface area contributed by atoms with Crippen LogP contribution in [-0.4, -0.2) is 37.2 Å². The van der Waals surface area contributed by atoms with Gasteiger partial charge in [0, 0.05) is 19.3 Å². The van der Waals surface area contributed by atoms with Crippen LogP contribution in [-0.2, 0) is 28.6 Å². The van der Waals surface area contributed by atoms with Gasteiger partial charge in [0.1, 0.15) is 13.2 Å². The lowest BCUT2D eigenvalue weighted by Crippen LogP contribution is -2.30. The molecule has 6 heteroatoms. The zero-order valence-corrected chi connectivity index (χ0v) is 42.4. The summed E-state index contributed by atoms with van der Waals surface area (Å²) in [6.07, 6.45) is 73.6. The fourth-order valence-corrected chi connectivity index (χ4v) is 6.73. The minimum absolute atomic E-state index is 0.101. The second-order valence-corrected chi connectivity index (χ2v) is 17.1. The average molecular weight is 913 g/mol. The highest BCUT2D eigenvalue weighted by Gasteiger charge is 2.19. The molecule has 0 aromatic heterocycles. The van der Waals surface area contributed by atoms with Gasteiger partial charge in [0.25, 0.3) is 0 Å². The number of ether oxygens (including phenoxy) is 3. The van der Waals surface area contributed by atoms with Gasteiger partial charge >= 0.3 is 17.9 Å². The van der Waals surface area contributed by atoms with Crippen LogP contribution < -0.4 is 0 Å². The van der Waals surface area contributed by atoms with Gasteiger partial charge in [0.05, 0.1) is 0 Å². The summed E-state index contributed by atoms with van der Waals surface area (Å²) < 4.78 is 16.6. The minimum atomic E-state index is -0.804. The summed E-state index contributed by atoms with van der Waals surface area (Å²) in [4.78, 5) is 37.7. The maximum absolute atomic E-state index is 12.7. The van der Waals surface area contributed by atoms with E-state index in [1.165, 1.54) is 57.8 Å². The molecule has 0 N–H and O–H groups in total. The van der Waals surface area contributed by atoms with Crippen molar-refractivity contribution in [3.63, 3.8) is 0 Å². The summed E-state index contributed by atoms with van der Waals surface area (Å²) in [6.45, 7) is 6.38. The number of hydrogen-bond acceptors (Lipinski definition) is 6. The molecule has 66 heavy (non-hydrogen) atoms. The quantitative estimate of drug-likeness (QED) is 0.0262. The number of allylic oxidation sites excluding steroid dienone is 20. The number of hydrogen-bond donors (Lipinski definition) is 0. The molecule has 0 aromatic rings. The highest BCUT2D eigenvalue weighted by atomic mass is 16.6. The Morgan fingerprint density at radius 2 is 0.606 bits per heavy atom. The molecule has 0 amide bonds. The minimum Gasteiger partial charge on any atom is -0.462 e. The van der Waals surface area contributed by atoms with E-state index >= 15 is 0 Å². The van der Waals surface area contributed by atoms with E-state index in [1.54, 1.807) is 0 Å². The molecule has 0 saturated heterocycles. The molecule has 0 rings (SSSR count). The van der Waals surface area contributed by atoms with Crippen molar-refractivity contribution in [2.45, 2.75) is 226 Å². The summed E-state index contributed by atoms with van der Waals surface area (Å²) in [5.41, 5.74) is 0. The van der Waals surface area contributed by atoms with Crippen molar-refractivity contribution < 1.29 is 28.6 Å². The number of carbonyl (C=O) groups is 3. The van der Waals surface area contributed by atoms with Crippen molar-refractivity contribution >= 4 is 17.9 Å².